The van der Waals surface area contributed by atoms with Crippen molar-refractivity contribution in [3.63, 3.8) is 0 Å². The van der Waals surface area contributed by atoms with Crippen LogP contribution in [-0.4, -0.2) is 325 Å². The van der Waals surface area contributed by atoms with Crippen LogP contribution in [0.15, 0.2) is 12.4 Å². The van der Waals surface area contributed by atoms with Crippen LogP contribution in [0.2, 0.25) is 0 Å². The summed E-state index contributed by atoms with van der Waals surface area (Å²) < 4.78 is 78.3. The molecule has 4 aliphatic carbocycles. The topological polar surface area (TPSA) is 593 Å². The summed E-state index contributed by atoms with van der Waals surface area (Å²) in [6.45, 7) is 5.40. The third-order valence-electron chi connectivity index (χ3n) is 25.1. The number of nitrogens with two attached hydrogens (primary N) is 2. The Bertz CT molecular complexity index is 3470. The van der Waals surface area contributed by atoms with E-state index >= 15 is 0 Å². The van der Waals surface area contributed by atoms with Gasteiger partial charge in [0.15, 0.2) is 37.4 Å². The smallest absolute Gasteiger partial charge is 0.332 e. The number of rotatable bonds is 45. The number of amides is 2. The number of aliphatic hydroxyl groups is 10. The number of hydrogen-bond acceptors (Lipinski definition) is 34. The quantitative estimate of drug-likeness (QED) is 0.0347. The van der Waals surface area contributed by atoms with Crippen molar-refractivity contribution in [1.29, 1.82) is 0 Å². The van der Waals surface area contributed by atoms with Gasteiger partial charge in [0, 0.05) is 37.6 Å². The molecule has 0 bridgehead atoms. The van der Waals surface area contributed by atoms with E-state index in [-0.39, 0.29) is 121 Å². The maximum absolute atomic E-state index is 14.4. The number of nitrogens with zero attached hydrogens (tertiary/aromatic N) is 6. The van der Waals surface area contributed by atoms with Crippen molar-refractivity contribution in [2.75, 3.05) is 39.5 Å². The van der Waals surface area contributed by atoms with Crippen LogP contribution in [0.5, 0.6) is 0 Å². The van der Waals surface area contributed by atoms with E-state index in [1.807, 2.05) is 13.8 Å². The lowest BCUT2D eigenvalue weighted by Crippen LogP contribution is -2.67. The van der Waals surface area contributed by atoms with Crippen molar-refractivity contribution in [3.8, 4) is 0 Å². The second-order valence-corrected chi connectivity index (χ2v) is 33.8. The fraction of sp³-hybridized carbons (Fsp3) is 0.875. The fourth-order valence-corrected chi connectivity index (χ4v) is 18.2. The van der Waals surface area contributed by atoms with E-state index in [0.29, 0.717) is 49.9 Å². The molecular weight excluding hydrogens is 1580 g/mol. The minimum atomic E-state index is -1.74. The maximum atomic E-state index is 14.4. The van der Waals surface area contributed by atoms with E-state index in [1.54, 1.807) is 6.20 Å². The minimum Gasteiger partial charge on any atom is -0.479 e. The number of carbonyl (C=O) groups is 6. The molecule has 0 radical (unpaired) electrons. The van der Waals surface area contributed by atoms with Gasteiger partial charge >= 0.3 is 11.9 Å². The molecule has 120 heavy (non-hydrogen) atoms. The number of aryl methyl sites for hydroxylation is 1. The van der Waals surface area contributed by atoms with E-state index in [0.717, 1.165) is 64.2 Å². The van der Waals surface area contributed by atoms with Crippen LogP contribution in [0.4, 0.5) is 0 Å². The highest BCUT2D eigenvalue weighted by molar-refractivity contribution is 5.82. The Morgan fingerprint density at radius 1 is 0.500 bits per heavy atom. The molecule has 4 saturated heterocycles. The van der Waals surface area contributed by atoms with Gasteiger partial charge in [-0.25, -0.2) is 14.3 Å². The molecule has 6 heterocycles. The largest absolute Gasteiger partial charge is 0.479 e. The third-order valence-corrected chi connectivity index (χ3v) is 25.1. The predicted molar refractivity (Wildman–Crippen MR) is 415 cm³/mol. The van der Waals surface area contributed by atoms with Gasteiger partial charge in [0.2, 0.25) is 11.8 Å². The number of carboxylic acid groups (broad SMARTS) is 2. The Morgan fingerprint density at radius 3 is 1.32 bits per heavy atom. The van der Waals surface area contributed by atoms with Crippen LogP contribution in [0.1, 0.15) is 193 Å². The molecule has 12 unspecified atom stereocenters. The summed E-state index contributed by atoms with van der Waals surface area (Å²) in [5.41, 5.74) is 12.4. The van der Waals surface area contributed by atoms with Crippen LogP contribution in [-0.2, 0) is 112 Å². The van der Waals surface area contributed by atoms with Gasteiger partial charge in [-0.15, -0.1) is 10.2 Å². The summed E-state index contributed by atoms with van der Waals surface area (Å²) in [7, 11) is 0. The number of aliphatic hydroxyl groups excluding tert-OH is 10. The van der Waals surface area contributed by atoms with Gasteiger partial charge in [-0.2, -0.15) is 0 Å². The molecule has 682 valence electrons. The number of Topliss-reactive ketones (excluding diaryl/α,β-unsaturated/α-hetero) is 2. The van der Waals surface area contributed by atoms with Gasteiger partial charge < -0.3 is 140 Å². The molecule has 4 aliphatic heterocycles. The average molecular weight is 1710 g/mol. The molecule has 40 nitrogen and oxygen atoms in total. The number of carbonyl (C=O) groups excluding carboxylic acids is 4. The first-order valence-electron chi connectivity index (χ1n) is 43.3. The fourth-order valence-electron chi connectivity index (χ4n) is 18.2. The van der Waals surface area contributed by atoms with E-state index in [4.69, 9.17) is 68.3 Å². The van der Waals surface area contributed by atoms with Crippen LogP contribution < -0.4 is 22.1 Å². The second-order valence-electron chi connectivity index (χ2n) is 33.8. The monoisotopic (exact) mass is 1710 g/mol. The minimum absolute atomic E-state index is 0.000183. The molecule has 2 amide bonds. The van der Waals surface area contributed by atoms with Crippen molar-refractivity contribution in [2.24, 2.45) is 47.0 Å². The summed E-state index contributed by atoms with van der Waals surface area (Å²) in [6.07, 6.45) is -19.9. The molecule has 0 aromatic carbocycles. The molecule has 8 aliphatic rings. The predicted octanol–water partition coefficient (Wildman–Crippen LogP) is -1.19. The summed E-state index contributed by atoms with van der Waals surface area (Å²) in [5.74, 6) is -6.30. The SMILES string of the molecule is CCC1CC(C(=O)CCCN)C[C@@H](O[C@@H]2O[C@@H](CO)[C@H](O)C(O[C@@H](CC3CCCCC3)C(=O)O)C2NC(=O)CCCn2cc(COCCOCc3cn(CC(=O)NC4C(O[C@@H](CC5CCCCC5)C(=O)O)[C@@H](O)[C@H](CO)O[C@H]4O[C@@H]4CC(C(=O)CCCN)CC(CC)[C@H]4O[C@@H]4OC(C)[C@@H](O)[C@H](O)C4O)nn3)nn2)[C@@H]1O[C@@H]1OC(C)[C@@H](O)[C@H](O)C1O. The third kappa shape index (κ3) is 26.1. The number of ketones is 2. The molecule has 8 fully saturated rings. The number of hydrogen-bond donors (Lipinski definition) is 16. The summed E-state index contributed by atoms with van der Waals surface area (Å²) >= 11 is 0. The maximum Gasteiger partial charge on any atom is 0.332 e. The Labute approximate surface area is 697 Å². The van der Waals surface area contributed by atoms with Crippen molar-refractivity contribution >= 4 is 35.3 Å². The molecule has 40 heteroatoms. The summed E-state index contributed by atoms with van der Waals surface area (Å²) in [6, 6.07) is -2.97. The molecule has 4 saturated carbocycles. The zero-order valence-corrected chi connectivity index (χ0v) is 69.2. The lowest BCUT2D eigenvalue weighted by Gasteiger charge is -2.49. The Hall–Kier alpha value is -5.46. The van der Waals surface area contributed by atoms with Gasteiger partial charge in [-0.05, 0) is 108 Å². The zero-order chi connectivity index (χ0) is 86.4. The number of nitrogens with one attached hydrogen (secondary N) is 2. The lowest BCUT2D eigenvalue weighted by molar-refractivity contribution is -0.338. The van der Waals surface area contributed by atoms with Crippen molar-refractivity contribution in [1.82, 2.24) is 40.6 Å². The van der Waals surface area contributed by atoms with Crippen LogP contribution in [0.25, 0.3) is 0 Å². The van der Waals surface area contributed by atoms with E-state index in [1.165, 1.54) is 29.4 Å². The number of ether oxygens (including phenoxy) is 12. The van der Waals surface area contributed by atoms with Gasteiger partial charge in [0.25, 0.3) is 0 Å². The normalized spacial score (nSPS) is 36.0. The summed E-state index contributed by atoms with van der Waals surface area (Å²) in [4.78, 5) is 82.7. The number of aliphatic carboxylic acids is 2. The van der Waals surface area contributed by atoms with Gasteiger partial charge in [0.1, 0.15) is 115 Å². The van der Waals surface area contributed by atoms with Crippen molar-refractivity contribution < 1.29 is 147 Å². The van der Waals surface area contributed by atoms with Gasteiger partial charge in [0.05, 0.1) is 88.7 Å². The molecule has 18 N–H and O–H groups in total. The lowest BCUT2D eigenvalue weighted by atomic mass is 9.74. The van der Waals surface area contributed by atoms with Gasteiger partial charge in [-0.3, -0.25) is 23.9 Å². The highest BCUT2D eigenvalue weighted by Gasteiger charge is 2.56. The first kappa shape index (κ1) is 96.7. The molecule has 2 aromatic heterocycles. The van der Waals surface area contributed by atoms with Crippen LogP contribution in [0.3, 0.4) is 0 Å². The molecule has 10 rings (SSSR count). The molecule has 0 spiro atoms. The number of carboxylic acids is 2. The second kappa shape index (κ2) is 47.2. The van der Waals surface area contributed by atoms with Gasteiger partial charge in [-0.1, -0.05) is 101 Å². The van der Waals surface area contributed by atoms with E-state index in [9.17, 15) is 90.0 Å². The Kier molecular flexibility index (Phi) is 38.1. The van der Waals surface area contributed by atoms with Crippen molar-refractivity contribution in [2.45, 2.75) is 367 Å². The zero-order valence-electron chi connectivity index (χ0n) is 69.2. The molecule has 30 atom stereocenters. The molecule has 2 aromatic rings. The first-order chi connectivity index (χ1) is 57.6. The van der Waals surface area contributed by atoms with Crippen LogP contribution >= 0.6 is 0 Å². The summed E-state index contributed by atoms with van der Waals surface area (Å²) in [5, 5.41) is 154. The van der Waals surface area contributed by atoms with Crippen LogP contribution in [0, 0.1) is 35.5 Å². The molecular formula is C80H132N10O30. The highest BCUT2D eigenvalue weighted by atomic mass is 16.7. The Balaban J connectivity index is 0.762. The van der Waals surface area contributed by atoms with Crippen molar-refractivity contribution in [3.05, 3.63) is 23.8 Å². The van der Waals surface area contributed by atoms with E-state index < -0.39 is 227 Å². The highest BCUT2D eigenvalue weighted by Crippen LogP contribution is 2.44. The standard InChI is InChI=1S/C80H132N10O30/c1-5-45-30-47(51(93)20-13-23-81)32-53(71(45)119-79-69(103)67(101)63(97)41(3)111-79)115-77-61(73(65(99)57(37-91)117-77)113-55(75(105)106)28-43-16-9-7-10-17-43)83-59(95)22-15-25-89-34-49(85-87-89)39-109-26-27-110-40-50-35-90(88-86-50)36-60(96)84-62-74(114-56(76(107)108)29-44-18-11-8-12-19-44)66(100)58(38-92)118-78(62)116-54-33-48(52(94)21-14-24-82)31-46(6-2)72(54)120-80-70(104)68(102)64(98)42(4)112-80/h34-35,41-48,53-58,61-74,77-80,91-92,97-104H,5-33,36-40,81-82H2,1-4H3,(H,83,95)(H,84,96)(H,105,106)(H,107,108)/t41?,42?,45?,46?,47?,48?,53-,54-,55+,56+,57+,58+,61?,62?,63-,64-,65+,66+,67+,68+,69?,70?,71-,72-,73?,74?,77-,78-,79+,80+/m1/s1. The first-order valence-corrected chi connectivity index (χ1v) is 43.3. The van der Waals surface area contributed by atoms with E-state index in [2.05, 4.69) is 31.3 Å². The number of aromatic nitrogens is 6. The average Bonchev–Trinajstić information content (AvgIpc) is 0.823. The Morgan fingerprint density at radius 2 is 0.917 bits per heavy atom.